The van der Waals surface area contributed by atoms with Crippen molar-refractivity contribution < 1.29 is 9.63 Å². The molecule has 5 nitrogen and oxygen atoms in total. The highest BCUT2D eigenvalue weighted by atomic mass is 32.2. The minimum atomic E-state index is 0.0813. The molecule has 0 saturated carbocycles. The van der Waals surface area contributed by atoms with Gasteiger partial charge < -0.3 is 14.5 Å². The summed E-state index contributed by atoms with van der Waals surface area (Å²) in [5.74, 6) is 2.32. The summed E-state index contributed by atoms with van der Waals surface area (Å²) in [6, 6.07) is 9.91. The van der Waals surface area contributed by atoms with E-state index in [1.54, 1.807) is 11.8 Å². The van der Waals surface area contributed by atoms with E-state index in [0.29, 0.717) is 19.0 Å². The topological polar surface area (TPSA) is 62.4 Å². The van der Waals surface area contributed by atoms with Gasteiger partial charge in [0.15, 0.2) is 5.82 Å². The monoisotopic (exact) mass is 307 g/mol. The smallest absolute Gasteiger partial charge is 0.246 e. The third-order valence-electron chi connectivity index (χ3n) is 3.08. The standard InChI is InChI=1S/C15H21N3O2S/c1-3-21-12(2)15-16-14(20-17-15)11-18(9-10-19)13-7-5-4-6-8-13/h4-8,12,19H,3,9-11H2,1-2H3. The van der Waals surface area contributed by atoms with Crippen molar-refractivity contribution in [1.82, 2.24) is 10.1 Å². The van der Waals surface area contributed by atoms with E-state index in [4.69, 9.17) is 4.52 Å². The first-order valence-electron chi connectivity index (χ1n) is 7.09. The second kappa shape index (κ2) is 8.05. The lowest BCUT2D eigenvalue weighted by atomic mass is 10.3. The molecule has 114 valence electrons. The molecular weight excluding hydrogens is 286 g/mol. The molecule has 0 radical (unpaired) electrons. The number of aliphatic hydroxyl groups is 1. The SMILES string of the molecule is CCSC(C)c1noc(CN(CCO)c2ccccc2)n1. The summed E-state index contributed by atoms with van der Waals surface area (Å²) in [4.78, 5) is 6.48. The van der Waals surface area contributed by atoms with E-state index in [1.165, 1.54) is 0 Å². The molecule has 0 spiro atoms. The van der Waals surface area contributed by atoms with Gasteiger partial charge in [-0.05, 0) is 24.8 Å². The average molecular weight is 307 g/mol. The Morgan fingerprint density at radius 3 is 2.76 bits per heavy atom. The fraction of sp³-hybridized carbons (Fsp3) is 0.467. The van der Waals surface area contributed by atoms with Crippen molar-refractivity contribution in [1.29, 1.82) is 0 Å². The Balaban J connectivity index is 2.07. The molecule has 0 fully saturated rings. The number of benzene rings is 1. The molecule has 21 heavy (non-hydrogen) atoms. The third-order valence-corrected chi connectivity index (χ3v) is 4.13. The number of anilines is 1. The number of aliphatic hydroxyl groups excluding tert-OH is 1. The number of nitrogens with zero attached hydrogens (tertiary/aromatic N) is 3. The van der Waals surface area contributed by atoms with Crippen LogP contribution in [-0.4, -0.2) is 34.2 Å². The van der Waals surface area contributed by atoms with Crippen molar-refractivity contribution in [3.05, 3.63) is 42.0 Å². The maximum absolute atomic E-state index is 9.23. The predicted octanol–water partition coefficient (Wildman–Crippen LogP) is 2.88. The van der Waals surface area contributed by atoms with Gasteiger partial charge in [0.05, 0.1) is 18.4 Å². The van der Waals surface area contributed by atoms with E-state index in [0.717, 1.165) is 17.3 Å². The quantitative estimate of drug-likeness (QED) is 0.809. The summed E-state index contributed by atoms with van der Waals surface area (Å²) in [6.45, 7) is 5.30. The normalized spacial score (nSPS) is 12.3. The molecule has 0 amide bonds. The zero-order chi connectivity index (χ0) is 15.1. The first kappa shape index (κ1) is 15.9. The lowest BCUT2D eigenvalue weighted by molar-refractivity contribution is 0.297. The fourth-order valence-electron chi connectivity index (χ4n) is 2.04. The van der Waals surface area contributed by atoms with Crippen LogP contribution in [0.4, 0.5) is 5.69 Å². The van der Waals surface area contributed by atoms with Crippen LogP contribution in [0.15, 0.2) is 34.9 Å². The van der Waals surface area contributed by atoms with Crippen molar-refractivity contribution in [3.63, 3.8) is 0 Å². The molecule has 1 unspecified atom stereocenters. The number of para-hydroxylation sites is 1. The fourth-order valence-corrected chi connectivity index (χ4v) is 2.79. The van der Waals surface area contributed by atoms with Crippen molar-refractivity contribution in [3.8, 4) is 0 Å². The van der Waals surface area contributed by atoms with Gasteiger partial charge in [-0.1, -0.05) is 30.3 Å². The summed E-state index contributed by atoms with van der Waals surface area (Å²) >= 11 is 1.78. The molecule has 1 atom stereocenters. The van der Waals surface area contributed by atoms with Crippen molar-refractivity contribution >= 4 is 17.4 Å². The second-order valence-electron chi connectivity index (χ2n) is 4.62. The molecule has 0 aliphatic rings. The van der Waals surface area contributed by atoms with Gasteiger partial charge in [-0.2, -0.15) is 16.7 Å². The van der Waals surface area contributed by atoms with Crippen LogP contribution in [0.2, 0.25) is 0 Å². The molecule has 1 N–H and O–H groups in total. The Kier molecular flexibility index (Phi) is 6.07. The number of hydrogen-bond acceptors (Lipinski definition) is 6. The Labute approximate surface area is 129 Å². The minimum Gasteiger partial charge on any atom is -0.395 e. The summed E-state index contributed by atoms with van der Waals surface area (Å²) in [6.07, 6.45) is 0. The van der Waals surface area contributed by atoms with E-state index in [9.17, 15) is 5.11 Å². The molecular formula is C15H21N3O2S. The van der Waals surface area contributed by atoms with E-state index >= 15 is 0 Å². The van der Waals surface area contributed by atoms with Gasteiger partial charge in [-0.3, -0.25) is 0 Å². The van der Waals surface area contributed by atoms with Crippen LogP contribution in [0, 0.1) is 0 Å². The van der Waals surface area contributed by atoms with Crippen molar-refractivity contribution in [2.45, 2.75) is 25.6 Å². The van der Waals surface area contributed by atoms with E-state index in [1.807, 2.05) is 35.2 Å². The summed E-state index contributed by atoms with van der Waals surface area (Å²) < 4.78 is 5.33. The van der Waals surface area contributed by atoms with Gasteiger partial charge in [0.25, 0.3) is 0 Å². The average Bonchev–Trinajstić information content (AvgIpc) is 2.97. The first-order chi connectivity index (χ1) is 10.2. The molecule has 0 aliphatic heterocycles. The third kappa shape index (κ3) is 4.47. The Morgan fingerprint density at radius 2 is 2.10 bits per heavy atom. The van der Waals surface area contributed by atoms with Crippen LogP contribution < -0.4 is 4.90 Å². The number of aromatic nitrogens is 2. The van der Waals surface area contributed by atoms with Crippen LogP contribution in [-0.2, 0) is 6.54 Å². The summed E-state index contributed by atoms with van der Waals surface area (Å²) in [7, 11) is 0. The maximum atomic E-state index is 9.23. The Hall–Kier alpha value is -1.53. The van der Waals surface area contributed by atoms with E-state index in [2.05, 4.69) is 24.0 Å². The van der Waals surface area contributed by atoms with Crippen LogP contribution in [0.25, 0.3) is 0 Å². The van der Waals surface area contributed by atoms with Crippen molar-refractivity contribution in [2.75, 3.05) is 23.8 Å². The lowest BCUT2D eigenvalue weighted by Gasteiger charge is -2.21. The van der Waals surface area contributed by atoms with Gasteiger partial charge in [0.2, 0.25) is 5.89 Å². The number of hydrogen-bond donors (Lipinski definition) is 1. The van der Waals surface area contributed by atoms with Gasteiger partial charge in [0.1, 0.15) is 0 Å². The second-order valence-corrected chi connectivity index (χ2v) is 6.24. The molecule has 2 aromatic rings. The largest absolute Gasteiger partial charge is 0.395 e. The Bertz CT molecular complexity index is 533. The van der Waals surface area contributed by atoms with Crippen molar-refractivity contribution in [2.24, 2.45) is 0 Å². The highest BCUT2D eigenvalue weighted by Gasteiger charge is 2.16. The molecule has 1 aromatic carbocycles. The maximum Gasteiger partial charge on any atom is 0.246 e. The highest BCUT2D eigenvalue weighted by molar-refractivity contribution is 7.99. The van der Waals surface area contributed by atoms with Crippen LogP contribution in [0.1, 0.15) is 30.8 Å². The molecule has 0 bridgehead atoms. The zero-order valence-corrected chi connectivity index (χ0v) is 13.2. The zero-order valence-electron chi connectivity index (χ0n) is 12.4. The molecule has 0 saturated heterocycles. The van der Waals surface area contributed by atoms with Crippen LogP contribution in [0.3, 0.4) is 0 Å². The minimum absolute atomic E-state index is 0.0813. The molecule has 6 heteroatoms. The van der Waals surface area contributed by atoms with E-state index < -0.39 is 0 Å². The molecule has 1 heterocycles. The molecule has 1 aromatic heterocycles. The molecule has 2 rings (SSSR count). The lowest BCUT2D eigenvalue weighted by Crippen LogP contribution is -2.26. The summed E-state index contributed by atoms with van der Waals surface area (Å²) in [5.41, 5.74) is 1.03. The predicted molar refractivity (Wildman–Crippen MR) is 85.4 cm³/mol. The molecule has 0 aliphatic carbocycles. The highest BCUT2D eigenvalue weighted by Crippen LogP contribution is 2.25. The Morgan fingerprint density at radius 1 is 1.33 bits per heavy atom. The van der Waals surface area contributed by atoms with Gasteiger partial charge >= 0.3 is 0 Å². The number of rotatable bonds is 8. The van der Waals surface area contributed by atoms with Gasteiger partial charge in [0, 0.05) is 12.2 Å². The van der Waals surface area contributed by atoms with Crippen LogP contribution >= 0.6 is 11.8 Å². The van der Waals surface area contributed by atoms with E-state index in [-0.39, 0.29) is 11.9 Å². The number of thioether (sulfide) groups is 1. The van der Waals surface area contributed by atoms with Gasteiger partial charge in [-0.15, -0.1) is 0 Å². The first-order valence-corrected chi connectivity index (χ1v) is 8.14. The summed E-state index contributed by atoms with van der Waals surface area (Å²) in [5, 5.41) is 13.5. The van der Waals surface area contributed by atoms with Crippen LogP contribution in [0.5, 0.6) is 0 Å². The van der Waals surface area contributed by atoms with Gasteiger partial charge in [-0.25, -0.2) is 0 Å².